The zero-order valence-electron chi connectivity index (χ0n) is 18.0. The van der Waals surface area contributed by atoms with Crippen molar-refractivity contribution in [3.05, 3.63) is 69.7 Å². The molecular weight excluding hydrogens is 396 g/mol. The number of ketones is 1. The lowest BCUT2D eigenvalue weighted by Gasteiger charge is -2.11. The van der Waals surface area contributed by atoms with E-state index in [1.807, 2.05) is 19.1 Å². The molecule has 0 aliphatic carbocycles. The van der Waals surface area contributed by atoms with E-state index in [4.69, 9.17) is 16.7 Å². The number of hydrogen-bond donors (Lipinski definition) is 1. The number of unbranched alkanes of at least 4 members (excludes halogenated alkanes) is 8. The van der Waals surface area contributed by atoms with Crippen LogP contribution in [0.1, 0.15) is 91.3 Å². The quantitative estimate of drug-likeness (QED) is 0.252. The van der Waals surface area contributed by atoms with E-state index >= 15 is 0 Å². The van der Waals surface area contributed by atoms with Gasteiger partial charge in [0, 0.05) is 22.6 Å². The molecule has 0 heterocycles. The molecule has 0 radical (unpaired) electrons. The number of carbonyl (C=O) groups is 2. The second kappa shape index (κ2) is 13.2. The summed E-state index contributed by atoms with van der Waals surface area (Å²) < 4.78 is 0. The molecule has 2 aromatic carbocycles. The van der Waals surface area contributed by atoms with Crippen molar-refractivity contribution in [1.29, 1.82) is 0 Å². The topological polar surface area (TPSA) is 54.4 Å². The molecule has 0 bridgehead atoms. The zero-order chi connectivity index (χ0) is 21.8. The Morgan fingerprint density at radius 2 is 1.37 bits per heavy atom. The Kier molecular flexibility index (Phi) is 10.6. The number of aliphatic carboxylic acids is 1. The van der Waals surface area contributed by atoms with Crippen molar-refractivity contribution in [2.24, 2.45) is 0 Å². The molecule has 162 valence electrons. The normalized spacial score (nSPS) is 10.9. The number of carboxylic acids is 1. The van der Waals surface area contributed by atoms with Crippen LogP contribution in [0.5, 0.6) is 0 Å². The van der Waals surface area contributed by atoms with E-state index < -0.39 is 5.97 Å². The van der Waals surface area contributed by atoms with E-state index in [1.54, 1.807) is 24.3 Å². The molecule has 0 aliphatic heterocycles. The SMILES string of the molecule is Cc1c(CCCCCCCCCCCC(=O)O)cccc1C(=O)c1ccc(Cl)cc1. The number of benzene rings is 2. The van der Waals surface area contributed by atoms with Crippen LogP contribution in [0.3, 0.4) is 0 Å². The summed E-state index contributed by atoms with van der Waals surface area (Å²) in [5.41, 5.74) is 3.78. The predicted octanol–water partition coefficient (Wildman–Crippen LogP) is 7.41. The Bertz CT molecular complexity index is 812. The summed E-state index contributed by atoms with van der Waals surface area (Å²) in [6, 6.07) is 13.1. The van der Waals surface area contributed by atoms with Crippen LogP contribution in [-0.2, 0) is 11.2 Å². The first-order chi connectivity index (χ1) is 14.5. The van der Waals surface area contributed by atoms with E-state index in [1.165, 1.54) is 37.7 Å². The Labute approximate surface area is 185 Å². The first kappa shape index (κ1) is 24.1. The minimum absolute atomic E-state index is 0.0503. The Morgan fingerprint density at radius 3 is 1.97 bits per heavy atom. The fourth-order valence-electron chi connectivity index (χ4n) is 3.79. The first-order valence-electron chi connectivity index (χ1n) is 11.1. The third-order valence-corrected chi connectivity index (χ3v) is 5.89. The van der Waals surface area contributed by atoms with Crippen LogP contribution >= 0.6 is 11.6 Å². The molecule has 0 aromatic heterocycles. The fraction of sp³-hybridized carbons (Fsp3) is 0.462. The van der Waals surface area contributed by atoms with Gasteiger partial charge in [0.25, 0.3) is 0 Å². The number of halogens is 1. The molecular formula is C26H33ClO3. The summed E-state index contributed by atoms with van der Waals surface area (Å²) in [4.78, 5) is 23.3. The molecule has 2 rings (SSSR count). The predicted molar refractivity (Wildman–Crippen MR) is 124 cm³/mol. The van der Waals surface area contributed by atoms with Gasteiger partial charge in [0.05, 0.1) is 0 Å². The van der Waals surface area contributed by atoms with Crippen LogP contribution in [0.4, 0.5) is 0 Å². The van der Waals surface area contributed by atoms with Crippen molar-refractivity contribution in [1.82, 2.24) is 0 Å². The largest absolute Gasteiger partial charge is 0.481 e. The van der Waals surface area contributed by atoms with Gasteiger partial charge in [-0.2, -0.15) is 0 Å². The van der Waals surface area contributed by atoms with Gasteiger partial charge in [-0.05, 0) is 61.6 Å². The van der Waals surface area contributed by atoms with Gasteiger partial charge in [-0.15, -0.1) is 0 Å². The van der Waals surface area contributed by atoms with Crippen molar-refractivity contribution < 1.29 is 14.7 Å². The second-order valence-electron chi connectivity index (χ2n) is 8.00. The molecule has 0 spiro atoms. The molecule has 0 atom stereocenters. The molecule has 0 saturated carbocycles. The van der Waals surface area contributed by atoms with E-state index in [-0.39, 0.29) is 5.78 Å². The van der Waals surface area contributed by atoms with Crippen LogP contribution in [0.25, 0.3) is 0 Å². The van der Waals surface area contributed by atoms with Crippen molar-refractivity contribution in [3.8, 4) is 0 Å². The highest BCUT2D eigenvalue weighted by Crippen LogP contribution is 2.21. The van der Waals surface area contributed by atoms with Gasteiger partial charge < -0.3 is 5.11 Å². The average molecular weight is 429 g/mol. The summed E-state index contributed by atoms with van der Waals surface area (Å²) in [5.74, 6) is -0.639. The molecule has 0 aliphatic rings. The molecule has 0 amide bonds. The van der Waals surface area contributed by atoms with Gasteiger partial charge in [-0.25, -0.2) is 0 Å². The number of rotatable bonds is 14. The maximum Gasteiger partial charge on any atom is 0.303 e. The zero-order valence-corrected chi connectivity index (χ0v) is 18.7. The lowest BCUT2D eigenvalue weighted by Crippen LogP contribution is -2.05. The molecule has 1 N–H and O–H groups in total. The summed E-state index contributed by atoms with van der Waals surface area (Å²) in [6.07, 6.45) is 11.5. The van der Waals surface area contributed by atoms with E-state index in [0.717, 1.165) is 43.2 Å². The van der Waals surface area contributed by atoms with E-state index in [9.17, 15) is 9.59 Å². The van der Waals surface area contributed by atoms with Gasteiger partial charge in [-0.3, -0.25) is 9.59 Å². The Balaban J connectivity index is 1.69. The molecule has 4 heteroatoms. The van der Waals surface area contributed by atoms with Crippen LogP contribution in [0.15, 0.2) is 42.5 Å². The number of carboxylic acid groups (broad SMARTS) is 1. The molecule has 2 aromatic rings. The molecule has 0 unspecified atom stereocenters. The average Bonchev–Trinajstić information content (AvgIpc) is 2.73. The summed E-state index contributed by atoms with van der Waals surface area (Å²) in [6.45, 7) is 2.04. The van der Waals surface area contributed by atoms with Gasteiger partial charge >= 0.3 is 5.97 Å². The van der Waals surface area contributed by atoms with Crippen LogP contribution in [0.2, 0.25) is 5.02 Å². The lowest BCUT2D eigenvalue weighted by molar-refractivity contribution is -0.137. The molecule has 0 saturated heterocycles. The van der Waals surface area contributed by atoms with Gasteiger partial charge in [0.1, 0.15) is 0 Å². The van der Waals surface area contributed by atoms with Crippen LogP contribution in [0, 0.1) is 6.92 Å². The smallest absolute Gasteiger partial charge is 0.303 e. The summed E-state index contributed by atoms with van der Waals surface area (Å²) in [5, 5.41) is 9.25. The molecule has 3 nitrogen and oxygen atoms in total. The van der Waals surface area contributed by atoms with Gasteiger partial charge in [0.15, 0.2) is 5.78 Å². The van der Waals surface area contributed by atoms with E-state index in [2.05, 4.69) is 6.07 Å². The third-order valence-electron chi connectivity index (χ3n) is 5.63. The highest BCUT2D eigenvalue weighted by atomic mass is 35.5. The number of hydrogen-bond acceptors (Lipinski definition) is 2. The summed E-state index contributed by atoms with van der Waals surface area (Å²) >= 11 is 5.93. The fourth-order valence-corrected chi connectivity index (χ4v) is 3.91. The highest BCUT2D eigenvalue weighted by molar-refractivity contribution is 6.30. The van der Waals surface area contributed by atoms with Crippen LogP contribution in [-0.4, -0.2) is 16.9 Å². The minimum Gasteiger partial charge on any atom is -0.481 e. The monoisotopic (exact) mass is 428 g/mol. The summed E-state index contributed by atoms with van der Waals surface area (Å²) in [7, 11) is 0. The van der Waals surface area contributed by atoms with Crippen molar-refractivity contribution in [2.45, 2.75) is 77.6 Å². The lowest BCUT2D eigenvalue weighted by atomic mass is 9.93. The van der Waals surface area contributed by atoms with Crippen LogP contribution < -0.4 is 0 Å². The second-order valence-corrected chi connectivity index (χ2v) is 8.44. The van der Waals surface area contributed by atoms with Crippen molar-refractivity contribution >= 4 is 23.4 Å². The Hall–Kier alpha value is -2.13. The Morgan fingerprint density at radius 1 is 0.800 bits per heavy atom. The highest BCUT2D eigenvalue weighted by Gasteiger charge is 2.13. The number of carbonyl (C=O) groups excluding carboxylic acids is 1. The molecule has 0 fully saturated rings. The third kappa shape index (κ3) is 8.31. The van der Waals surface area contributed by atoms with Gasteiger partial charge in [0.2, 0.25) is 0 Å². The first-order valence-corrected chi connectivity index (χ1v) is 11.5. The standard InChI is InChI=1S/C26H33ClO3/c1-20-21(12-9-7-5-3-2-4-6-8-10-15-25(28)29)13-11-14-24(20)26(30)22-16-18-23(27)19-17-22/h11,13-14,16-19H,2-10,12,15H2,1H3,(H,28,29). The minimum atomic E-state index is -0.690. The van der Waals surface area contributed by atoms with Crippen molar-refractivity contribution in [2.75, 3.05) is 0 Å². The maximum atomic E-state index is 12.8. The molecule has 30 heavy (non-hydrogen) atoms. The van der Waals surface area contributed by atoms with Gasteiger partial charge in [-0.1, -0.05) is 74.7 Å². The van der Waals surface area contributed by atoms with Crippen molar-refractivity contribution in [3.63, 3.8) is 0 Å². The number of aryl methyl sites for hydroxylation is 1. The maximum absolute atomic E-state index is 12.8. The van der Waals surface area contributed by atoms with E-state index in [0.29, 0.717) is 17.0 Å².